The average molecular weight is 333 g/mol. The van der Waals surface area contributed by atoms with Crippen LogP contribution in [0, 0.1) is 0 Å². The lowest BCUT2D eigenvalue weighted by Gasteiger charge is -2.36. The van der Waals surface area contributed by atoms with E-state index < -0.39 is 18.1 Å². The Morgan fingerprint density at radius 1 is 1.33 bits per heavy atom. The molecule has 130 valence electrons. The maximum absolute atomic E-state index is 12.6. The van der Waals surface area contributed by atoms with E-state index in [1.54, 1.807) is 32.0 Å². The summed E-state index contributed by atoms with van der Waals surface area (Å²) in [5, 5.41) is 0. The smallest absolute Gasteiger partial charge is 0.328 e. The van der Waals surface area contributed by atoms with Gasteiger partial charge in [0.05, 0.1) is 12.8 Å². The number of methoxy groups -OCH3 is 1. The minimum Gasteiger partial charge on any atom is -0.479 e. The number of carbonyl (C=O) groups excluding carboxylic acids is 3. The molecule has 1 aliphatic rings. The highest BCUT2D eigenvalue weighted by atomic mass is 16.5. The lowest BCUT2D eigenvalue weighted by molar-refractivity contribution is -0.144. The molecule has 0 aliphatic carbocycles. The Labute approximate surface area is 141 Å². The van der Waals surface area contributed by atoms with E-state index in [1.807, 2.05) is 6.92 Å². The summed E-state index contributed by atoms with van der Waals surface area (Å²) in [6.07, 6.45) is 0.871. The highest BCUT2D eigenvalue weighted by Crippen LogP contribution is 2.37. The van der Waals surface area contributed by atoms with Gasteiger partial charge in [-0.2, -0.15) is 0 Å². The van der Waals surface area contributed by atoms with Gasteiger partial charge in [-0.15, -0.1) is 0 Å². The normalized spacial score (nSPS) is 17.8. The molecule has 0 aromatic heterocycles. The van der Waals surface area contributed by atoms with Gasteiger partial charge in [0.1, 0.15) is 11.8 Å². The number of ether oxygens (including phenoxy) is 2. The minimum atomic E-state index is -0.746. The van der Waals surface area contributed by atoms with E-state index in [4.69, 9.17) is 9.47 Å². The van der Waals surface area contributed by atoms with Gasteiger partial charge >= 0.3 is 5.97 Å². The van der Waals surface area contributed by atoms with Crippen LogP contribution in [0.3, 0.4) is 0 Å². The molecular formula is C18H23NO5. The molecule has 0 N–H and O–H groups in total. The van der Waals surface area contributed by atoms with Crippen molar-refractivity contribution in [3.05, 3.63) is 23.8 Å². The quantitative estimate of drug-likeness (QED) is 0.591. The fraction of sp³-hybridized carbons (Fsp3) is 0.500. The monoisotopic (exact) mass is 333 g/mol. The molecule has 2 unspecified atom stereocenters. The van der Waals surface area contributed by atoms with Gasteiger partial charge < -0.3 is 9.47 Å². The highest BCUT2D eigenvalue weighted by Gasteiger charge is 2.39. The van der Waals surface area contributed by atoms with E-state index in [9.17, 15) is 14.4 Å². The van der Waals surface area contributed by atoms with Gasteiger partial charge in [0, 0.05) is 12.0 Å². The predicted molar refractivity (Wildman–Crippen MR) is 89.4 cm³/mol. The van der Waals surface area contributed by atoms with Crippen molar-refractivity contribution in [1.82, 2.24) is 0 Å². The van der Waals surface area contributed by atoms with Gasteiger partial charge in [-0.3, -0.25) is 14.5 Å². The SMILES string of the molecule is CCCC(=O)c1ccc2c(c1)N(C(CC)C(=O)OC)C(=O)C(C)O2. The fourth-order valence-electron chi connectivity index (χ4n) is 2.82. The second kappa shape index (κ2) is 7.47. The second-order valence-electron chi connectivity index (χ2n) is 5.77. The molecule has 0 saturated heterocycles. The lowest BCUT2D eigenvalue weighted by atomic mass is 10.0. The molecule has 24 heavy (non-hydrogen) atoms. The maximum Gasteiger partial charge on any atom is 0.328 e. The summed E-state index contributed by atoms with van der Waals surface area (Å²) in [6, 6.07) is 4.25. The molecule has 1 heterocycles. The number of hydrogen-bond acceptors (Lipinski definition) is 5. The molecule has 2 rings (SSSR count). The molecule has 0 radical (unpaired) electrons. The number of carbonyl (C=O) groups is 3. The lowest BCUT2D eigenvalue weighted by Crippen LogP contribution is -2.52. The average Bonchev–Trinajstić information content (AvgIpc) is 2.58. The number of fused-ring (bicyclic) bond motifs is 1. The van der Waals surface area contributed by atoms with Crippen LogP contribution in [0.4, 0.5) is 5.69 Å². The van der Waals surface area contributed by atoms with Crippen LogP contribution in [-0.2, 0) is 14.3 Å². The highest BCUT2D eigenvalue weighted by molar-refractivity contribution is 6.06. The van der Waals surface area contributed by atoms with E-state index in [0.29, 0.717) is 29.8 Å². The number of rotatable bonds is 6. The van der Waals surface area contributed by atoms with Crippen LogP contribution < -0.4 is 9.64 Å². The van der Waals surface area contributed by atoms with Crippen LogP contribution in [-0.4, -0.2) is 36.9 Å². The summed E-state index contributed by atoms with van der Waals surface area (Å²) >= 11 is 0. The summed E-state index contributed by atoms with van der Waals surface area (Å²) in [7, 11) is 1.29. The van der Waals surface area contributed by atoms with Gasteiger partial charge in [0.25, 0.3) is 5.91 Å². The first-order valence-electron chi connectivity index (χ1n) is 8.19. The van der Waals surface area contributed by atoms with Gasteiger partial charge in [-0.25, -0.2) is 4.79 Å². The minimum absolute atomic E-state index is 0.00237. The predicted octanol–water partition coefficient (Wildman–Crippen LogP) is 2.73. The Morgan fingerprint density at radius 3 is 2.62 bits per heavy atom. The summed E-state index contributed by atoms with van der Waals surface area (Å²) in [5.41, 5.74) is 0.948. The third kappa shape index (κ3) is 3.27. The Kier molecular flexibility index (Phi) is 5.59. The van der Waals surface area contributed by atoms with Crippen LogP contribution in [0.15, 0.2) is 18.2 Å². The molecule has 6 heteroatoms. The van der Waals surface area contributed by atoms with Crippen LogP contribution in [0.2, 0.25) is 0 Å². The van der Waals surface area contributed by atoms with Crippen molar-refractivity contribution in [3.63, 3.8) is 0 Å². The molecule has 6 nitrogen and oxygen atoms in total. The summed E-state index contributed by atoms with van der Waals surface area (Å²) in [4.78, 5) is 38.3. The number of ketones is 1. The number of benzene rings is 1. The van der Waals surface area contributed by atoms with Crippen molar-refractivity contribution in [2.45, 2.75) is 52.2 Å². The van der Waals surface area contributed by atoms with Crippen molar-refractivity contribution in [2.75, 3.05) is 12.0 Å². The van der Waals surface area contributed by atoms with Crippen molar-refractivity contribution < 1.29 is 23.9 Å². The number of anilines is 1. The number of amides is 1. The molecule has 1 amide bonds. The number of Topliss-reactive ketones (excluding diaryl/α,β-unsaturated/α-hetero) is 1. The largest absolute Gasteiger partial charge is 0.479 e. The van der Waals surface area contributed by atoms with E-state index in [1.165, 1.54) is 12.0 Å². The zero-order chi connectivity index (χ0) is 17.9. The second-order valence-corrected chi connectivity index (χ2v) is 5.77. The molecule has 0 fully saturated rings. The van der Waals surface area contributed by atoms with Crippen molar-refractivity contribution in [3.8, 4) is 5.75 Å². The maximum atomic E-state index is 12.6. The van der Waals surface area contributed by atoms with Crippen molar-refractivity contribution >= 4 is 23.3 Å². The van der Waals surface area contributed by atoms with E-state index in [-0.39, 0.29) is 11.7 Å². The van der Waals surface area contributed by atoms with Crippen LogP contribution >= 0.6 is 0 Å². The topological polar surface area (TPSA) is 72.9 Å². The fourth-order valence-corrected chi connectivity index (χ4v) is 2.82. The van der Waals surface area contributed by atoms with Gasteiger partial charge in [0.15, 0.2) is 11.9 Å². The first kappa shape index (κ1) is 18.0. The molecule has 0 spiro atoms. The Balaban J connectivity index is 2.52. The van der Waals surface area contributed by atoms with Crippen molar-refractivity contribution in [2.24, 2.45) is 0 Å². The van der Waals surface area contributed by atoms with Crippen LogP contribution in [0.5, 0.6) is 5.75 Å². The third-order valence-corrected chi connectivity index (χ3v) is 4.08. The first-order chi connectivity index (χ1) is 11.4. The number of hydrogen-bond donors (Lipinski definition) is 0. The molecular weight excluding hydrogens is 310 g/mol. The zero-order valence-electron chi connectivity index (χ0n) is 14.5. The summed E-state index contributed by atoms with van der Waals surface area (Å²) in [6.45, 7) is 5.38. The molecule has 1 aromatic carbocycles. The van der Waals surface area contributed by atoms with E-state index in [0.717, 1.165) is 6.42 Å². The third-order valence-electron chi connectivity index (χ3n) is 4.08. The zero-order valence-corrected chi connectivity index (χ0v) is 14.5. The van der Waals surface area contributed by atoms with E-state index >= 15 is 0 Å². The van der Waals surface area contributed by atoms with Crippen molar-refractivity contribution in [1.29, 1.82) is 0 Å². The molecule has 0 bridgehead atoms. The Hall–Kier alpha value is -2.37. The number of nitrogens with zero attached hydrogens (tertiary/aromatic N) is 1. The van der Waals surface area contributed by atoms with Gasteiger partial charge in [-0.1, -0.05) is 13.8 Å². The first-order valence-corrected chi connectivity index (χ1v) is 8.19. The van der Waals surface area contributed by atoms with Gasteiger partial charge in [0.2, 0.25) is 0 Å². The molecule has 1 aliphatic heterocycles. The summed E-state index contributed by atoms with van der Waals surface area (Å²) < 4.78 is 10.5. The Bertz CT molecular complexity index is 655. The Morgan fingerprint density at radius 2 is 2.04 bits per heavy atom. The van der Waals surface area contributed by atoms with Gasteiger partial charge in [-0.05, 0) is 38.0 Å². The molecule has 0 saturated carbocycles. The molecule has 2 atom stereocenters. The standard InChI is InChI=1S/C18H23NO5/c1-5-7-15(20)12-8-9-16-14(10-12)19(17(21)11(3)24-16)13(6-2)18(22)23-4/h8-11,13H,5-7H2,1-4H3. The van der Waals surface area contributed by atoms with Crippen LogP contribution in [0.1, 0.15) is 50.4 Å². The molecule has 1 aromatic rings. The van der Waals surface area contributed by atoms with Crippen LogP contribution in [0.25, 0.3) is 0 Å². The summed E-state index contributed by atoms with van der Waals surface area (Å²) in [5.74, 6) is -0.328. The van der Waals surface area contributed by atoms with E-state index in [2.05, 4.69) is 0 Å². The number of esters is 1.